The summed E-state index contributed by atoms with van der Waals surface area (Å²) in [7, 11) is 0. The minimum Gasteiger partial charge on any atom is -0.387 e. The lowest BCUT2D eigenvalue weighted by molar-refractivity contribution is -0.110. The summed E-state index contributed by atoms with van der Waals surface area (Å²) < 4.78 is 0. The van der Waals surface area contributed by atoms with Gasteiger partial charge in [-0.05, 0) is 17.7 Å². The third-order valence-electron chi connectivity index (χ3n) is 3.72. The number of aromatic amines is 1. The van der Waals surface area contributed by atoms with Crippen molar-refractivity contribution in [2.45, 2.75) is 12.5 Å². The Kier molecular flexibility index (Phi) is 3.27. The zero-order valence-electron chi connectivity index (χ0n) is 12.2. The second-order valence-electron chi connectivity index (χ2n) is 5.30. The molecule has 1 atom stereocenters. The van der Waals surface area contributed by atoms with Gasteiger partial charge in [0.25, 0.3) is 5.91 Å². The maximum absolute atomic E-state index is 12.3. The van der Waals surface area contributed by atoms with Crippen LogP contribution < -0.4 is 5.32 Å². The van der Waals surface area contributed by atoms with Crippen LogP contribution in [0.2, 0.25) is 0 Å². The van der Waals surface area contributed by atoms with Crippen LogP contribution in [-0.2, 0) is 9.63 Å². The summed E-state index contributed by atoms with van der Waals surface area (Å²) in [4.78, 5) is 25.0. The molecular formula is C17H14N4O2. The van der Waals surface area contributed by atoms with Gasteiger partial charge in [0.15, 0.2) is 6.10 Å². The van der Waals surface area contributed by atoms with E-state index in [1.807, 2.05) is 54.6 Å². The molecule has 0 bridgehead atoms. The van der Waals surface area contributed by atoms with Gasteiger partial charge in [-0.2, -0.15) is 0 Å². The minimum atomic E-state index is -0.303. The van der Waals surface area contributed by atoms with Crippen LogP contribution in [-0.4, -0.2) is 21.6 Å². The Labute approximate surface area is 132 Å². The molecule has 4 rings (SSSR count). The third-order valence-corrected chi connectivity index (χ3v) is 3.72. The first-order valence-corrected chi connectivity index (χ1v) is 7.33. The fraction of sp³-hybridized carbons (Fsp3) is 0.118. The van der Waals surface area contributed by atoms with Crippen molar-refractivity contribution in [3.63, 3.8) is 0 Å². The second-order valence-corrected chi connectivity index (χ2v) is 5.30. The van der Waals surface area contributed by atoms with Crippen molar-refractivity contribution in [1.82, 2.24) is 9.97 Å². The number of carbonyl (C=O) groups excluding carboxylic acids is 1. The molecule has 0 saturated heterocycles. The zero-order valence-corrected chi connectivity index (χ0v) is 12.2. The van der Waals surface area contributed by atoms with Gasteiger partial charge in [-0.15, -0.1) is 0 Å². The first-order valence-electron chi connectivity index (χ1n) is 7.33. The first-order chi connectivity index (χ1) is 11.3. The van der Waals surface area contributed by atoms with E-state index in [4.69, 9.17) is 4.84 Å². The number of nitrogens with one attached hydrogen (secondary N) is 2. The van der Waals surface area contributed by atoms with Gasteiger partial charge >= 0.3 is 0 Å². The highest BCUT2D eigenvalue weighted by atomic mass is 16.6. The summed E-state index contributed by atoms with van der Waals surface area (Å²) in [6.45, 7) is 0. The molecule has 1 aliphatic rings. The van der Waals surface area contributed by atoms with Crippen molar-refractivity contribution in [3.05, 3.63) is 60.2 Å². The lowest BCUT2D eigenvalue weighted by Gasteiger charge is -2.07. The molecule has 6 nitrogen and oxygen atoms in total. The molecule has 0 saturated carbocycles. The van der Waals surface area contributed by atoms with Crippen molar-refractivity contribution in [2.24, 2.45) is 5.16 Å². The van der Waals surface area contributed by atoms with Crippen LogP contribution in [0, 0.1) is 0 Å². The van der Waals surface area contributed by atoms with E-state index in [0.29, 0.717) is 18.1 Å². The number of anilines is 1. The van der Waals surface area contributed by atoms with Gasteiger partial charge in [0.2, 0.25) is 5.95 Å². The van der Waals surface area contributed by atoms with Crippen LogP contribution in [0.15, 0.2) is 59.8 Å². The van der Waals surface area contributed by atoms with E-state index in [2.05, 4.69) is 20.4 Å². The van der Waals surface area contributed by atoms with E-state index in [9.17, 15) is 4.79 Å². The summed E-state index contributed by atoms with van der Waals surface area (Å²) in [5.41, 5.74) is 3.03. The zero-order chi connectivity index (χ0) is 15.6. The van der Waals surface area contributed by atoms with Crippen molar-refractivity contribution in [1.29, 1.82) is 0 Å². The molecule has 1 aliphatic heterocycles. The SMILES string of the molecule is O=C(Nc1nc2ccccc2[nH]1)C1=NOC(c2ccccc2)C1. The Morgan fingerprint density at radius 2 is 1.91 bits per heavy atom. The molecule has 2 aromatic carbocycles. The Balaban J connectivity index is 1.45. The van der Waals surface area contributed by atoms with Crippen molar-refractivity contribution in [3.8, 4) is 0 Å². The Morgan fingerprint density at radius 1 is 1.13 bits per heavy atom. The monoisotopic (exact) mass is 306 g/mol. The summed E-state index contributed by atoms with van der Waals surface area (Å²) in [5, 5.41) is 6.64. The van der Waals surface area contributed by atoms with E-state index in [0.717, 1.165) is 16.6 Å². The van der Waals surface area contributed by atoms with Crippen LogP contribution in [0.3, 0.4) is 0 Å². The first kappa shape index (κ1) is 13.5. The number of H-pyrrole nitrogens is 1. The topological polar surface area (TPSA) is 79.4 Å². The largest absolute Gasteiger partial charge is 0.387 e. The number of oxime groups is 1. The standard InChI is InChI=1S/C17H14N4O2/c22-16(20-17-18-12-8-4-5-9-13(12)19-17)14-10-15(23-21-14)11-6-2-1-3-7-11/h1-9,15H,10H2,(H2,18,19,20,22). The summed E-state index contributed by atoms with van der Waals surface area (Å²) in [6.07, 6.45) is 0.225. The Morgan fingerprint density at radius 3 is 2.74 bits per heavy atom. The van der Waals surface area contributed by atoms with E-state index in [1.165, 1.54) is 0 Å². The molecule has 1 unspecified atom stereocenters. The number of carbonyl (C=O) groups is 1. The van der Waals surface area contributed by atoms with Gasteiger partial charge in [0.1, 0.15) is 5.71 Å². The molecule has 2 N–H and O–H groups in total. The fourth-order valence-corrected chi connectivity index (χ4v) is 2.55. The Hall–Kier alpha value is -3.15. The molecule has 3 aromatic rings. The molecule has 114 valence electrons. The molecule has 6 heteroatoms. The minimum absolute atomic E-state index is 0.215. The predicted octanol–water partition coefficient (Wildman–Crippen LogP) is 3.02. The number of nitrogens with zero attached hydrogens (tertiary/aromatic N) is 2. The number of imidazole rings is 1. The molecule has 1 amide bonds. The molecule has 0 spiro atoms. The molecule has 0 radical (unpaired) electrons. The van der Waals surface area contributed by atoms with E-state index < -0.39 is 0 Å². The number of benzene rings is 2. The highest BCUT2D eigenvalue weighted by molar-refractivity contribution is 6.43. The lowest BCUT2D eigenvalue weighted by Crippen LogP contribution is -2.22. The maximum atomic E-state index is 12.3. The van der Waals surface area contributed by atoms with Crippen LogP contribution in [0.4, 0.5) is 5.95 Å². The summed E-state index contributed by atoms with van der Waals surface area (Å²) in [6, 6.07) is 17.3. The molecular weight excluding hydrogens is 292 g/mol. The molecule has 23 heavy (non-hydrogen) atoms. The maximum Gasteiger partial charge on any atom is 0.275 e. The normalized spacial score (nSPS) is 16.9. The summed E-state index contributed by atoms with van der Waals surface area (Å²) in [5.74, 6) is 0.101. The van der Waals surface area contributed by atoms with Crippen molar-refractivity contribution >= 4 is 28.6 Å². The number of hydrogen-bond donors (Lipinski definition) is 2. The average molecular weight is 306 g/mol. The van der Waals surface area contributed by atoms with Crippen LogP contribution in [0.5, 0.6) is 0 Å². The number of hydrogen-bond acceptors (Lipinski definition) is 4. The molecule has 0 aliphatic carbocycles. The lowest BCUT2D eigenvalue weighted by atomic mass is 10.0. The second kappa shape index (κ2) is 5.57. The smallest absolute Gasteiger partial charge is 0.275 e. The van der Waals surface area contributed by atoms with Gasteiger partial charge in [-0.1, -0.05) is 47.6 Å². The van der Waals surface area contributed by atoms with Crippen molar-refractivity contribution < 1.29 is 9.63 Å². The van der Waals surface area contributed by atoms with Crippen LogP contribution in [0.1, 0.15) is 18.1 Å². The third kappa shape index (κ3) is 2.66. The number of rotatable bonds is 3. The van der Waals surface area contributed by atoms with E-state index in [-0.39, 0.29) is 12.0 Å². The average Bonchev–Trinajstić information content (AvgIpc) is 3.22. The van der Waals surface area contributed by atoms with Gasteiger partial charge in [0, 0.05) is 6.42 Å². The number of fused-ring (bicyclic) bond motifs is 1. The van der Waals surface area contributed by atoms with Gasteiger partial charge in [0.05, 0.1) is 11.0 Å². The van der Waals surface area contributed by atoms with Gasteiger partial charge in [-0.3, -0.25) is 10.1 Å². The molecule has 1 aromatic heterocycles. The van der Waals surface area contributed by atoms with Crippen LogP contribution in [0.25, 0.3) is 11.0 Å². The highest BCUT2D eigenvalue weighted by Gasteiger charge is 2.27. The van der Waals surface area contributed by atoms with Gasteiger partial charge < -0.3 is 9.82 Å². The fourth-order valence-electron chi connectivity index (χ4n) is 2.55. The molecule has 0 fully saturated rings. The molecule has 2 heterocycles. The summed E-state index contributed by atoms with van der Waals surface area (Å²) >= 11 is 0. The number of amides is 1. The Bertz CT molecular complexity index is 853. The predicted molar refractivity (Wildman–Crippen MR) is 87.0 cm³/mol. The van der Waals surface area contributed by atoms with E-state index in [1.54, 1.807) is 0 Å². The quantitative estimate of drug-likeness (QED) is 0.780. The van der Waals surface area contributed by atoms with Crippen LogP contribution >= 0.6 is 0 Å². The van der Waals surface area contributed by atoms with Crippen molar-refractivity contribution in [2.75, 3.05) is 5.32 Å². The number of para-hydroxylation sites is 2. The highest BCUT2D eigenvalue weighted by Crippen LogP contribution is 2.27. The van der Waals surface area contributed by atoms with E-state index >= 15 is 0 Å². The number of aromatic nitrogens is 2. The van der Waals surface area contributed by atoms with Gasteiger partial charge in [-0.25, -0.2) is 4.98 Å².